The van der Waals surface area contributed by atoms with Gasteiger partial charge in [0.25, 0.3) is 5.91 Å². The molecular weight excluding hydrogens is 378 g/mol. The number of nitrogens with one attached hydrogen (secondary N) is 3. The molecule has 2 aliphatic heterocycles. The van der Waals surface area contributed by atoms with Gasteiger partial charge in [-0.25, -0.2) is 9.97 Å². The van der Waals surface area contributed by atoms with Gasteiger partial charge in [-0.1, -0.05) is 12.1 Å². The number of H-pyrrole nitrogens is 1. The summed E-state index contributed by atoms with van der Waals surface area (Å²) >= 11 is 0. The summed E-state index contributed by atoms with van der Waals surface area (Å²) in [4.78, 5) is 25.9. The first-order valence-corrected chi connectivity index (χ1v) is 10.5. The van der Waals surface area contributed by atoms with Crippen molar-refractivity contribution in [2.45, 2.75) is 51.6 Å². The number of fused-ring (bicyclic) bond motifs is 3. The Morgan fingerprint density at radius 2 is 1.90 bits per heavy atom. The number of carbonyl (C=O) groups is 1. The molecule has 156 valence electrons. The lowest BCUT2D eigenvalue weighted by Gasteiger charge is -2.33. The maximum absolute atomic E-state index is 12.7. The molecule has 1 amide bonds. The minimum absolute atomic E-state index is 0.0216. The van der Waals surface area contributed by atoms with E-state index in [1.165, 1.54) is 0 Å². The fourth-order valence-electron chi connectivity index (χ4n) is 4.45. The molecule has 7 nitrogen and oxygen atoms in total. The number of aromatic nitrogens is 3. The highest BCUT2D eigenvalue weighted by Gasteiger charge is 2.45. The van der Waals surface area contributed by atoms with E-state index < -0.39 is 0 Å². The average Bonchev–Trinajstić information content (AvgIpc) is 3.22. The van der Waals surface area contributed by atoms with Crippen LogP contribution in [0, 0.1) is 6.92 Å². The third-order valence-corrected chi connectivity index (χ3v) is 5.89. The highest BCUT2D eigenvalue weighted by Crippen LogP contribution is 2.41. The largest absolute Gasteiger partial charge is 0.381 e. The molecule has 4 heterocycles. The lowest BCUT2D eigenvalue weighted by molar-refractivity contribution is 0.0383. The summed E-state index contributed by atoms with van der Waals surface area (Å²) in [6, 6.07) is 7.94. The monoisotopic (exact) mass is 405 g/mol. The van der Waals surface area contributed by atoms with Gasteiger partial charge in [0.2, 0.25) is 0 Å². The molecule has 0 saturated carbocycles. The number of anilines is 1. The van der Waals surface area contributed by atoms with Crippen LogP contribution in [0.5, 0.6) is 0 Å². The van der Waals surface area contributed by atoms with Crippen molar-refractivity contribution in [3.8, 4) is 11.3 Å². The van der Waals surface area contributed by atoms with Crippen molar-refractivity contribution in [3.63, 3.8) is 0 Å². The number of rotatable bonds is 2. The summed E-state index contributed by atoms with van der Waals surface area (Å²) in [6.45, 7) is 9.57. The van der Waals surface area contributed by atoms with Gasteiger partial charge in [0.05, 0.1) is 28.0 Å². The minimum Gasteiger partial charge on any atom is -0.381 e. The number of aryl methyl sites for hydroxylation is 1. The number of carbonyl (C=O) groups excluding carboxylic acids is 1. The minimum atomic E-state index is -0.352. The van der Waals surface area contributed by atoms with Crippen molar-refractivity contribution in [2.24, 2.45) is 0 Å². The summed E-state index contributed by atoms with van der Waals surface area (Å²) in [5.74, 6) is 0.756. The third-order valence-electron chi connectivity index (χ3n) is 5.89. The quantitative estimate of drug-likeness (QED) is 0.602. The Balaban J connectivity index is 1.64. The Bertz CT molecular complexity index is 1150. The number of hydrogen-bond acceptors (Lipinski definition) is 5. The first-order valence-electron chi connectivity index (χ1n) is 10.5. The van der Waals surface area contributed by atoms with Gasteiger partial charge < -0.3 is 20.4 Å². The predicted octanol–water partition coefficient (Wildman–Crippen LogP) is 3.89. The van der Waals surface area contributed by atoms with Crippen LogP contribution in [0.2, 0.25) is 0 Å². The Morgan fingerprint density at radius 1 is 1.13 bits per heavy atom. The van der Waals surface area contributed by atoms with Gasteiger partial charge in [0.1, 0.15) is 11.3 Å². The highest BCUT2D eigenvalue weighted by atomic mass is 16.5. The van der Waals surface area contributed by atoms with E-state index in [0.29, 0.717) is 13.2 Å². The van der Waals surface area contributed by atoms with Gasteiger partial charge in [-0.3, -0.25) is 4.79 Å². The van der Waals surface area contributed by atoms with E-state index >= 15 is 0 Å². The van der Waals surface area contributed by atoms with Crippen LogP contribution in [0.25, 0.3) is 22.3 Å². The molecule has 30 heavy (non-hydrogen) atoms. The summed E-state index contributed by atoms with van der Waals surface area (Å²) in [5.41, 5.74) is 5.57. The maximum atomic E-state index is 12.7. The number of amides is 1. The molecular formula is C23H27N5O2. The van der Waals surface area contributed by atoms with E-state index in [0.717, 1.165) is 57.9 Å². The summed E-state index contributed by atoms with van der Waals surface area (Å²) in [7, 11) is 0. The van der Waals surface area contributed by atoms with E-state index in [-0.39, 0.29) is 17.0 Å². The molecule has 7 heteroatoms. The number of hydrogen-bond donors (Lipinski definition) is 3. The summed E-state index contributed by atoms with van der Waals surface area (Å²) in [6.07, 6.45) is 1.56. The van der Waals surface area contributed by atoms with E-state index in [9.17, 15) is 4.79 Å². The molecule has 3 N–H and O–H groups in total. The Kier molecular flexibility index (Phi) is 4.15. The zero-order valence-corrected chi connectivity index (χ0v) is 17.8. The molecule has 0 radical (unpaired) electrons. The summed E-state index contributed by atoms with van der Waals surface area (Å²) < 4.78 is 5.53. The van der Waals surface area contributed by atoms with Crippen LogP contribution in [0.4, 0.5) is 5.82 Å². The molecule has 1 saturated heterocycles. The molecule has 3 aromatic rings. The second kappa shape index (κ2) is 6.54. The van der Waals surface area contributed by atoms with E-state index in [1.807, 2.05) is 31.2 Å². The third kappa shape index (κ3) is 3.04. The molecule has 0 atom stereocenters. The molecule has 0 bridgehead atoms. The van der Waals surface area contributed by atoms with Crippen molar-refractivity contribution >= 4 is 22.8 Å². The Morgan fingerprint density at radius 3 is 2.63 bits per heavy atom. The van der Waals surface area contributed by atoms with Crippen LogP contribution < -0.4 is 10.6 Å². The van der Waals surface area contributed by atoms with Gasteiger partial charge in [0, 0.05) is 30.0 Å². The van der Waals surface area contributed by atoms with Crippen molar-refractivity contribution < 1.29 is 9.53 Å². The van der Waals surface area contributed by atoms with E-state index in [1.54, 1.807) is 0 Å². The second-order valence-electron chi connectivity index (χ2n) is 9.33. The molecule has 1 aromatic carbocycles. The van der Waals surface area contributed by atoms with Gasteiger partial charge in [-0.2, -0.15) is 0 Å². The van der Waals surface area contributed by atoms with Crippen LogP contribution in [0.3, 0.4) is 0 Å². The SMILES string of the molecule is Cc1nc2cccc(-c3cc4c([nH]3)C3(CCOCC3)NC4=O)c2nc1NC(C)(C)C. The van der Waals surface area contributed by atoms with Crippen LogP contribution in [-0.2, 0) is 10.3 Å². The standard InChI is InChI=1S/C23H27N5O2/c1-13-20(27-22(2,3)4)26-18-14(6-5-7-16(18)24-13)17-12-15-19(25-17)23(28-21(15)29)8-10-30-11-9-23/h5-7,12,25H,8-11H2,1-4H3,(H,26,27)(H,28,29). The lowest BCUT2D eigenvalue weighted by Crippen LogP contribution is -2.44. The highest BCUT2D eigenvalue weighted by molar-refractivity contribution is 6.02. The van der Waals surface area contributed by atoms with Gasteiger partial charge in [-0.15, -0.1) is 0 Å². The average molecular weight is 406 g/mol. The van der Waals surface area contributed by atoms with Crippen LogP contribution in [0.1, 0.15) is 55.4 Å². The number of benzene rings is 1. The molecule has 2 aromatic heterocycles. The first-order chi connectivity index (χ1) is 14.3. The molecule has 0 aliphatic carbocycles. The van der Waals surface area contributed by atoms with Crippen molar-refractivity contribution in [1.82, 2.24) is 20.3 Å². The number of para-hydroxylation sites is 1. The summed E-state index contributed by atoms with van der Waals surface area (Å²) in [5, 5.41) is 6.64. The molecule has 1 spiro atoms. The number of aromatic amines is 1. The zero-order chi connectivity index (χ0) is 21.1. The Hall–Kier alpha value is -2.93. The lowest BCUT2D eigenvalue weighted by atomic mass is 9.88. The van der Waals surface area contributed by atoms with Gasteiger partial charge in [0.15, 0.2) is 0 Å². The topological polar surface area (TPSA) is 91.9 Å². The van der Waals surface area contributed by atoms with E-state index in [4.69, 9.17) is 14.7 Å². The zero-order valence-electron chi connectivity index (χ0n) is 17.8. The van der Waals surface area contributed by atoms with Crippen molar-refractivity contribution in [1.29, 1.82) is 0 Å². The number of nitrogens with zero attached hydrogens (tertiary/aromatic N) is 2. The molecule has 0 unspecified atom stereocenters. The fourth-order valence-corrected chi connectivity index (χ4v) is 4.45. The number of ether oxygens (including phenoxy) is 1. The predicted molar refractivity (Wildman–Crippen MR) is 117 cm³/mol. The second-order valence-corrected chi connectivity index (χ2v) is 9.33. The van der Waals surface area contributed by atoms with Crippen LogP contribution >= 0.6 is 0 Å². The van der Waals surface area contributed by atoms with Gasteiger partial charge in [-0.05, 0) is 52.7 Å². The van der Waals surface area contributed by atoms with E-state index in [2.05, 4.69) is 36.4 Å². The maximum Gasteiger partial charge on any atom is 0.253 e. The first kappa shape index (κ1) is 19.1. The van der Waals surface area contributed by atoms with Gasteiger partial charge >= 0.3 is 0 Å². The van der Waals surface area contributed by atoms with Crippen molar-refractivity contribution in [3.05, 3.63) is 41.2 Å². The normalized spacial score (nSPS) is 17.9. The van der Waals surface area contributed by atoms with Crippen molar-refractivity contribution in [2.75, 3.05) is 18.5 Å². The fraction of sp³-hybridized carbons (Fsp3) is 0.435. The molecule has 1 fully saturated rings. The Labute approximate surface area is 175 Å². The molecule has 2 aliphatic rings. The van der Waals surface area contributed by atoms with Crippen LogP contribution in [-0.4, -0.2) is 39.6 Å². The molecule has 5 rings (SSSR count). The smallest absolute Gasteiger partial charge is 0.253 e. The van der Waals surface area contributed by atoms with Crippen LogP contribution in [0.15, 0.2) is 24.3 Å².